The van der Waals surface area contributed by atoms with Gasteiger partial charge in [-0.15, -0.1) is 12.4 Å². The monoisotopic (exact) mass is 415 g/mol. The zero-order valence-electron chi connectivity index (χ0n) is 12.2. The lowest BCUT2D eigenvalue weighted by Gasteiger charge is -2.35. The van der Waals surface area contributed by atoms with Gasteiger partial charge in [0.05, 0.1) is 5.56 Å². The Hall–Kier alpha value is -0.830. The normalized spacial score (nSPS) is 17.2. The molecule has 1 aromatic rings. The van der Waals surface area contributed by atoms with Crippen molar-refractivity contribution in [3.8, 4) is 0 Å². The van der Waals surface area contributed by atoms with E-state index in [4.69, 9.17) is 0 Å². The molecule has 2 N–H and O–H groups in total. The van der Waals surface area contributed by atoms with Crippen LogP contribution >= 0.6 is 28.3 Å². The van der Waals surface area contributed by atoms with Gasteiger partial charge in [-0.25, -0.2) is 0 Å². The van der Waals surface area contributed by atoms with Crippen molar-refractivity contribution < 1.29 is 18.0 Å². The highest BCUT2D eigenvalue weighted by Gasteiger charge is 2.43. The Kier molecular flexibility index (Phi) is 7.79. The zero-order chi connectivity index (χ0) is 16.2. The summed E-state index contributed by atoms with van der Waals surface area (Å²) in [4.78, 5) is 13.4. The highest BCUT2D eigenvalue weighted by molar-refractivity contribution is 9.10. The van der Waals surface area contributed by atoms with E-state index in [0.29, 0.717) is 36.2 Å². The van der Waals surface area contributed by atoms with Crippen LogP contribution in [-0.2, 0) is 0 Å². The Balaban J connectivity index is 0.00000264. The van der Waals surface area contributed by atoms with Crippen LogP contribution in [0.2, 0.25) is 0 Å². The standard InChI is InChI=1S/C14H17BrF3N3O.ClH/c15-11-4-2-1-3-10(11)13(22)20-9-12(14(16,17)18)21-7-5-19-6-8-21;/h1-4,12,19H,5-9H2,(H,20,22);1H. The summed E-state index contributed by atoms with van der Waals surface area (Å²) >= 11 is 3.22. The fraction of sp³-hybridized carbons (Fsp3) is 0.500. The van der Waals surface area contributed by atoms with Crippen molar-refractivity contribution >= 4 is 34.2 Å². The maximum atomic E-state index is 13.2. The maximum absolute atomic E-state index is 13.2. The smallest absolute Gasteiger partial charge is 0.350 e. The number of carbonyl (C=O) groups is 1. The average Bonchev–Trinajstić information content (AvgIpc) is 2.47. The number of piperazine rings is 1. The molecule has 1 atom stereocenters. The largest absolute Gasteiger partial charge is 0.405 e. The Morgan fingerprint density at radius 3 is 2.48 bits per heavy atom. The Morgan fingerprint density at radius 2 is 1.91 bits per heavy atom. The molecule has 0 aromatic heterocycles. The third-order valence-corrected chi connectivity index (χ3v) is 4.24. The van der Waals surface area contributed by atoms with Crippen LogP contribution in [0.4, 0.5) is 13.2 Å². The third kappa shape index (κ3) is 5.63. The Bertz CT molecular complexity index is 524. The van der Waals surface area contributed by atoms with Gasteiger partial charge in [-0.3, -0.25) is 9.69 Å². The van der Waals surface area contributed by atoms with E-state index in [1.807, 2.05) is 0 Å². The third-order valence-electron chi connectivity index (χ3n) is 3.54. The van der Waals surface area contributed by atoms with E-state index in [1.165, 1.54) is 4.90 Å². The molecule has 4 nitrogen and oxygen atoms in total. The van der Waals surface area contributed by atoms with Crippen LogP contribution in [0.1, 0.15) is 10.4 Å². The SMILES string of the molecule is Cl.O=C(NCC(N1CCNCC1)C(F)(F)F)c1ccccc1Br. The molecular formula is C14H18BrClF3N3O. The van der Waals surface area contributed by atoms with Gasteiger partial charge in [-0.2, -0.15) is 13.2 Å². The highest BCUT2D eigenvalue weighted by atomic mass is 79.9. The fourth-order valence-electron chi connectivity index (χ4n) is 2.38. The highest BCUT2D eigenvalue weighted by Crippen LogP contribution is 2.25. The molecule has 1 aliphatic rings. The van der Waals surface area contributed by atoms with Crippen molar-refractivity contribution in [3.05, 3.63) is 34.3 Å². The van der Waals surface area contributed by atoms with Gasteiger partial charge in [-0.05, 0) is 28.1 Å². The van der Waals surface area contributed by atoms with Crippen molar-refractivity contribution in [2.75, 3.05) is 32.7 Å². The molecule has 9 heteroatoms. The van der Waals surface area contributed by atoms with Crippen LogP contribution in [0, 0.1) is 0 Å². The van der Waals surface area contributed by atoms with Crippen molar-refractivity contribution in [1.82, 2.24) is 15.5 Å². The molecule has 0 radical (unpaired) electrons. The van der Waals surface area contributed by atoms with E-state index in [-0.39, 0.29) is 12.4 Å². The van der Waals surface area contributed by atoms with Crippen molar-refractivity contribution in [1.29, 1.82) is 0 Å². The molecule has 1 unspecified atom stereocenters. The van der Waals surface area contributed by atoms with E-state index in [1.54, 1.807) is 24.3 Å². The summed E-state index contributed by atoms with van der Waals surface area (Å²) in [7, 11) is 0. The second-order valence-corrected chi connectivity index (χ2v) is 5.89. The minimum absolute atomic E-state index is 0. The topological polar surface area (TPSA) is 44.4 Å². The molecule has 0 aliphatic carbocycles. The molecular weight excluding hydrogens is 399 g/mol. The lowest BCUT2D eigenvalue weighted by Crippen LogP contribution is -2.57. The number of nitrogens with zero attached hydrogens (tertiary/aromatic N) is 1. The van der Waals surface area contributed by atoms with Gasteiger partial charge in [0.1, 0.15) is 6.04 Å². The van der Waals surface area contributed by atoms with Crippen molar-refractivity contribution in [3.63, 3.8) is 0 Å². The first-order chi connectivity index (χ1) is 10.4. The van der Waals surface area contributed by atoms with E-state index >= 15 is 0 Å². The number of amides is 1. The lowest BCUT2D eigenvalue weighted by atomic mass is 10.1. The lowest BCUT2D eigenvalue weighted by molar-refractivity contribution is -0.183. The van der Waals surface area contributed by atoms with Crippen molar-refractivity contribution in [2.24, 2.45) is 0 Å². The van der Waals surface area contributed by atoms with Crippen LogP contribution in [0.15, 0.2) is 28.7 Å². The van der Waals surface area contributed by atoms with Gasteiger partial charge >= 0.3 is 6.18 Å². The van der Waals surface area contributed by atoms with Crippen LogP contribution in [0.5, 0.6) is 0 Å². The second-order valence-electron chi connectivity index (χ2n) is 5.03. The van der Waals surface area contributed by atoms with Crippen LogP contribution in [-0.4, -0.2) is 55.7 Å². The predicted octanol–water partition coefficient (Wildman–Crippen LogP) is 2.44. The number of hydrogen-bond donors (Lipinski definition) is 2. The first-order valence-electron chi connectivity index (χ1n) is 6.94. The fourth-order valence-corrected chi connectivity index (χ4v) is 2.84. The molecule has 1 heterocycles. The number of alkyl halides is 3. The minimum Gasteiger partial charge on any atom is -0.350 e. The summed E-state index contributed by atoms with van der Waals surface area (Å²) in [6.45, 7) is 1.21. The van der Waals surface area contributed by atoms with Gasteiger partial charge in [0.2, 0.25) is 0 Å². The minimum atomic E-state index is -4.38. The molecule has 0 spiro atoms. The molecule has 1 aromatic carbocycles. The average molecular weight is 417 g/mol. The van der Waals surface area contributed by atoms with Gasteiger partial charge in [0, 0.05) is 37.2 Å². The van der Waals surface area contributed by atoms with Gasteiger partial charge in [0.25, 0.3) is 5.91 Å². The quantitative estimate of drug-likeness (QED) is 0.792. The molecule has 2 rings (SSSR count). The molecule has 1 aliphatic heterocycles. The molecule has 23 heavy (non-hydrogen) atoms. The number of carbonyl (C=O) groups excluding carboxylic acids is 1. The Labute approximate surface area is 147 Å². The first-order valence-corrected chi connectivity index (χ1v) is 7.73. The maximum Gasteiger partial charge on any atom is 0.405 e. The molecule has 1 fully saturated rings. The van der Waals surface area contributed by atoms with E-state index in [0.717, 1.165) is 0 Å². The van der Waals surface area contributed by atoms with E-state index < -0.39 is 24.7 Å². The zero-order valence-corrected chi connectivity index (χ0v) is 14.6. The van der Waals surface area contributed by atoms with Gasteiger partial charge in [-0.1, -0.05) is 12.1 Å². The van der Waals surface area contributed by atoms with Crippen LogP contribution in [0.3, 0.4) is 0 Å². The molecule has 130 valence electrons. The number of benzene rings is 1. The molecule has 0 saturated carbocycles. The van der Waals surface area contributed by atoms with E-state index in [2.05, 4.69) is 26.6 Å². The molecule has 0 bridgehead atoms. The number of halogens is 5. The van der Waals surface area contributed by atoms with Crippen LogP contribution < -0.4 is 10.6 Å². The number of rotatable bonds is 4. The summed E-state index contributed by atoms with van der Waals surface area (Å²) in [6.07, 6.45) is -4.38. The second kappa shape index (κ2) is 8.86. The predicted molar refractivity (Wildman–Crippen MR) is 88.0 cm³/mol. The van der Waals surface area contributed by atoms with Gasteiger partial charge < -0.3 is 10.6 Å². The summed E-state index contributed by atoms with van der Waals surface area (Å²) in [5.41, 5.74) is 0.323. The molecule has 1 saturated heterocycles. The van der Waals surface area contributed by atoms with E-state index in [9.17, 15) is 18.0 Å². The number of hydrogen-bond acceptors (Lipinski definition) is 3. The van der Waals surface area contributed by atoms with Crippen molar-refractivity contribution in [2.45, 2.75) is 12.2 Å². The van der Waals surface area contributed by atoms with Gasteiger partial charge in [0.15, 0.2) is 0 Å². The first kappa shape index (κ1) is 20.2. The summed E-state index contributed by atoms with van der Waals surface area (Å²) in [5.74, 6) is -0.517. The van der Waals surface area contributed by atoms with Crippen LogP contribution in [0.25, 0.3) is 0 Å². The summed E-state index contributed by atoms with van der Waals surface area (Å²) in [6, 6.07) is 4.97. The summed E-state index contributed by atoms with van der Waals surface area (Å²) in [5, 5.41) is 5.41. The Morgan fingerprint density at radius 1 is 1.30 bits per heavy atom. The molecule has 1 amide bonds. The summed E-state index contributed by atoms with van der Waals surface area (Å²) < 4.78 is 40.2. The number of nitrogens with one attached hydrogen (secondary N) is 2.